The predicted molar refractivity (Wildman–Crippen MR) is 95.9 cm³/mol. The number of anilines is 3. The van der Waals surface area contributed by atoms with Crippen LogP contribution in [0.4, 0.5) is 21.8 Å². The second kappa shape index (κ2) is 8.30. The molecule has 4 N–H and O–H groups in total. The molecule has 0 radical (unpaired) electrons. The number of carbonyl (C=O) groups is 1. The molecule has 1 amide bonds. The van der Waals surface area contributed by atoms with Gasteiger partial charge in [-0.1, -0.05) is 12.1 Å². The van der Waals surface area contributed by atoms with Crippen molar-refractivity contribution in [3.05, 3.63) is 35.4 Å². The number of hydrogen-bond donors (Lipinski definition) is 3. The van der Waals surface area contributed by atoms with E-state index in [1.54, 1.807) is 37.4 Å². The number of nitrogens with two attached hydrogens (primary N) is 1. The molecule has 0 spiro atoms. The Kier molecular flexibility index (Phi) is 6.14. The normalized spacial score (nSPS) is 11.4. The first kappa shape index (κ1) is 18.5. The van der Waals surface area contributed by atoms with Gasteiger partial charge in [0.15, 0.2) is 5.82 Å². The summed E-state index contributed by atoms with van der Waals surface area (Å²) in [5.74, 6) is -0.156. The molecule has 0 aliphatic carbocycles. The fourth-order valence-electron chi connectivity index (χ4n) is 2.06. The lowest BCUT2D eigenvalue weighted by molar-refractivity contribution is -0.116. The number of rotatable bonds is 6. The fourth-order valence-corrected chi connectivity index (χ4v) is 2.59. The molecule has 1 heterocycles. The Labute approximate surface area is 148 Å². The molecule has 25 heavy (non-hydrogen) atoms. The number of halogens is 1. The zero-order valence-electron chi connectivity index (χ0n) is 13.7. The van der Waals surface area contributed by atoms with Crippen molar-refractivity contribution in [2.75, 3.05) is 22.6 Å². The quantitative estimate of drug-likeness (QED) is 0.535. The standard InChI is InChI=1S/C16H17FN6OS/c1-9(14(24)21-11-5-3-4-10(6-11)7-17)20-13-12(8-18)15(25-2)23-16(19)22-13/h3-6,9H,7H2,1-2H3,(H,21,24)(H3,19,20,22,23)/t9-/m1/s1. The average Bonchev–Trinajstić information content (AvgIpc) is 2.61. The van der Waals surface area contributed by atoms with E-state index in [2.05, 4.69) is 20.6 Å². The van der Waals surface area contributed by atoms with E-state index in [-0.39, 0.29) is 23.2 Å². The van der Waals surface area contributed by atoms with Gasteiger partial charge >= 0.3 is 0 Å². The lowest BCUT2D eigenvalue weighted by Gasteiger charge is -2.16. The fraction of sp³-hybridized carbons (Fsp3) is 0.250. The van der Waals surface area contributed by atoms with E-state index in [1.807, 2.05) is 6.07 Å². The van der Waals surface area contributed by atoms with Gasteiger partial charge in [-0.3, -0.25) is 4.79 Å². The molecule has 1 atom stereocenters. The van der Waals surface area contributed by atoms with Crippen molar-refractivity contribution >= 4 is 35.1 Å². The number of nitrogens with zero attached hydrogens (tertiary/aromatic N) is 3. The van der Waals surface area contributed by atoms with Crippen LogP contribution in [0.3, 0.4) is 0 Å². The number of hydrogen-bond acceptors (Lipinski definition) is 7. The van der Waals surface area contributed by atoms with Crippen molar-refractivity contribution in [2.45, 2.75) is 24.7 Å². The van der Waals surface area contributed by atoms with Crippen molar-refractivity contribution in [1.29, 1.82) is 5.26 Å². The average molecular weight is 360 g/mol. The van der Waals surface area contributed by atoms with Crippen molar-refractivity contribution in [3.8, 4) is 6.07 Å². The smallest absolute Gasteiger partial charge is 0.246 e. The molecule has 9 heteroatoms. The highest BCUT2D eigenvalue weighted by atomic mass is 32.2. The van der Waals surface area contributed by atoms with Crippen molar-refractivity contribution in [1.82, 2.24) is 9.97 Å². The third kappa shape index (κ3) is 4.58. The molecule has 1 aromatic carbocycles. The lowest BCUT2D eigenvalue weighted by atomic mass is 10.2. The summed E-state index contributed by atoms with van der Waals surface area (Å²) in [6, 6.07) is 7.82. The van der Waals surface area contributed by atoms with Gasteiger partial charge in [0, 0.05) is 5.69 Å². The summed E-state index contributed by atoms with van der Waals surface area (Å²) < 4.78 is 12.7. The molecule has 0 unspecified atom stereocenters. The Balaban J connectivity index is 2.16. The molecule has 0 aliphatic heterocycles. The minimum atomic E-state index is -0.704. The van der Waals surface area contributed by atoms with Gasteiger partial charge in [0.05, 0.1) is 0 Å². The van der Waals surface area contributed by atoms with E-state index < -0.39 is 12.7 Å². The van der Waals surface area contributed by atoms with Crippen molar-refractivity contribution < 1.29 is 9.18 Å². The minimum absolute atomic E-state index is 0.00843. The molecule has 0 saturated carbocycles. The molecular formula is C16H17FN6OS. The SMILES string of the molecule is CSc1nc(N)nc(N[C@H](C)C(=O)Nc2cccc(CF)c2)c1C#N. The van der Waals surface area contributed by atoms with E-state index in [0.29, 0.717) is 16.3 Å². The van der Waals surface area contributed by atoms with E-state index >= 15 is 0 Å². The summed E-state index contributed by atoms with van der Waals surface area (Å²) in [5.41, 5.74) is 6.83. The number of benzene rings is 1. The molecule has 0 bridgehead atoms. The van der Waals surface area contributed by atoms with Gasteiger partial charge in [0.25, 0.3) is 0 Å². The molecule has 2 aromatic rings. The zero-order chi connectivity index (χ0) is 18.4. The summed E-state index contributed by atoms with van der Waals surface area (Å²) in [6.45, 7) is 1.01. The lowest BCUT2D eigenvalue weighted by Crippen LogP contribution is -2.32. The number of carbonyl (C=O) groups excluding carboxylic acids is 1. The highest BCUT2D eigenvalue weighted by Crippen LogP contribution is 2.24. The molecule has 0 aliphatic rings. The van der Waals surface area contributed by atoms with E-state index in [1.165, 1.54) is 11.8 Å². The number of alkyl halides is 1. The second-order valence-electron chi connectivity index (χ2n) is 5.12. The van der Waals surface area contributed by atoms with Crippen LogP contribution in [0.1, 0.15) is 18.1 Å². The number of nitriles is 1. The molecule has 2 rings (SSSR count). The highest BCUT2D eigenvalue weighted by Gasteiger charge is 2.19. The minimum Gasteiger partial charge on any atom is -0.368 e. The first-order valence-electron chi connectivity index (χ1n) is 7.32. The highest BCUT2D eigenvalue weighted by molar-refractivity contribution is 7.98. The third-order valence-corrected chi connectivity index (χ3v) is 3.98. The van der Waals surface area contributed by atoms with Crippen molar-refractivity contribution in [2.24, 2.45) is 0 Å². The van der Waals surface area contributed by atoms with E-state index in [4.69, 9.17) is 5.73 Å². The van der Waals surface area contributed by atoms with E-state index in [0.717, 1.165) is 0 Å². The Hall–Kier alpha value is -2.86. The summed E-state index contributed by atoms with van der Waals surface area (Å²) in [4.78, 5) is 20.3. The predicted octanol–water partition coefficient (Wildman–Crippen LogP) is 2.56. The monoisotopic (exact) mass is 360 g/mol. The molecule has 130 valence electrons. The first-order valence-corrected chi connectivity index (χ1v) is 8.54. The van der Waals surface area contributed by atoms with Crippen LogP contribution in [-0.4, -0.2) is 28.2 Å². The summed E-state index contributed by atoms with van der Waals surface area (Å²) in [6.07, 6.45) is 1.76. The van der Waals surface area contributed by atoms with Gasteiger partial charge < -0.3 is 16.4 Å². The van der Waals surface area contributed by atoms with Crippen LogP contribution in [0, 0.1) is 11.3 Å². The first-order chi connectivity index (χ1) is 12.0. The van der Waals surface area contributed by atoms with Crippen LogP contribution in [0.15, 0.2) is 29.3 Å². The topological polar surface area (TPSA) is 117 Å². The summed E-state index contributed by atoms with van der Waals surface area (Å²) in [7, 11) is 0. The third-order valence-electron chi connectivity index (χ3n) is 3.29. The maximum absolute atomic E-state index is 12.7. The van der Waals surface area contributed by atoms with Gasteiger partial charge in [-0.05, 0) is 30.9 Å². The molecule has 1 aromatic heterocycles. The number of nitrogen functional groups attached to an aromatic ring is 1. The van der Waals surface area contributed by atoms with E-state index in [9.17, 15) is 14.4 Å². The summed E-state index contributed by atoms with van der Waals surface area (Å²) >= 11 is 1.26. The Bertz CT molecular complexity index is 823. The van der Waals surface area contributed by atoms with Gasteiger partial charge in [-0.2, -0.15) is 10.2 Å². The Morgan fingerprint density at radius 1 is 1.48 bits per heavy atom. The molecule has 0 saturated heterocycles. The van der Waals surface area contributed by atoms with Gasteiger partial charge in [0.2, 0.25) is 11.9 Å². The Morgan fingerprint density at radius 3 is 2.88 bits per heavy atom. The largest absolute Gasteiger partial charge is 0.368 e. The maximum atomic E-state index is 12.7. The molecular weight excluding hydrogens is 343 g/mol. The second-order valence-corrected chi connectivity index (χ2v) is 5.91. The number of nitrogens with one attached hydrogen (secondary N) is 2. The number of thioether (sulfide) groups is 1. The van der Waals surface area contributed by atoms with Gasteiger partial charge in [0.1, 0.15) is 29.4 Å². The van der Waals surface area contributed by atoms with Crippen LogP contribution in [0.25, 0.3) is 0 Å². The van der Waals surface area contributed by atoms with Crippen LogP contribution < -0.4 is 16.4 Å². The maximum Gasteiger partial charge on any atom is 0.246 e. The van der Waals surface area contributed by atoms with Gasteiger partial charge in [-0.15, -0.1) is 11.8 Å². The van der Waals surface area contributed by atoms with Crippen LogP contribution in [0.2, 0.25) is 0 Å². The number of aromatic nitrogens is 2. The zero-order valence-corrected chi connectivity index (χ0v) is 14.5. The molecule has 7 nitrogen and oxygen atoms in total. The van der Waals surface area contributed by atoms with Crippen LogP contribution in [-0.2, 0) is 11.5 Å². The Morgan fingerprint density at radius 2 is 2.24 bits per heavy atom. The molecule has 0 fully saturated rings. The van der Waals surface area contributed by atoms with Crippen LogP contribution in [0.5, 0.6) is 0 Å². The summed E-state index contributed by atoms with van der Waals surface area (Å²) in [5, 5.41) is 15.3. The van der Waals surface area contributed by atoms with Crippen LogP contribution >= 0.6 is 11.8 Å². The van der Waals surface area contributed by atoms with Gasteiger partial charge in [-0.25, -0.2) is 9.37 Å². The number of amides is 1. The van der Waals surface area contributed by atoms with Crippen molar-refractivity contribution in [3.63, 3.8) is 0 Å².